The fourth-order valence-electron chi connectivity index (χ4n) is 1.66. The van der Waals surface area contributed by atoms with Gasteiger partial charge in [0.15, 0.2) is 5.11 Å². The zero-order valence-electron chi connectivity index (χ0n) is 10.6. The summed E-state index contributed by atoms with van der Waals surface area (Å²) >= 11 is 13.1. The largest absolute Gasteiger partial charge is 0.362 e. The first-order chi connectivity index (χ1) is 9.16. The molecule has 0 saturated carbocycles. The Balaban J connectivity index is 1.82. The number of rotatable bonds is 4. The molecule has 0 aliphatic rings. The van der Waals surface area contributed by atoms with Gasteiger partial charge in [0.2, 0.25) is 0 Å². The van der Waals surface area contributed by atoms with E-state index >= 15 is 0 Å². The van der Waals surface area contributed by atoms with Crippen LogP contribution in [0.25, 0.3) is 0 Å². The molecule has 0 amide bonds. The van der Waals surface area contributed by atoms with Crippen LogP contribution in [0.1, 0.15) is 10.4 Å². The van der Waals surface area contributed by atoms with Gasteiger partial charge in [0.25, 0.3) is 0 Å². The Morgan fingerprint density at radius 2 is 2.16 bits per heavy atom. The third-order valence-corrected chi connectivity index (χ3v) is 4.34. The van der Waals surface area contributed by atoms with E-state index in [1.54, 1.807) is 11.3 Å². The summed E-state index contributed by atoms with van der Waals surface area (Å²) in [6.07, 6.45) is 0.980. The number of hydrogen-bond donors (Lipinski definition) is 2. The molecule has 0 aliphatic carbocycles. The molecule has 1 aromatic heterocycles. The number of thiophene rings is 1. The molecule has 5 heteroatoms. The highest BCUT2D eigenvalue weighted by atomic mass is 35.5. The van der Waals surface area contributed by atoms with E-state index in [4.69, 9.17) is 23.8 Å². The van der Waals surface area contributed by atoms with E-state index in [9.17, 15) is 0 Å². The maximum Gasteiger partial charge on any atom is 0.170 e. The molecule has 0 aliphatic heterocycles. The summed E-state index contributed by atoms with van der Waals surface area (Å²) in [5.41, 5.74) is 1.95. The number of nitrogens with one attached hydrogen (secondary N) is 2. The van der Waals surface area contributed by atoms with Crippen LogP contribution >= 0.6 is 35.2 Å². The SMILES string of the molecule is Cc1c(Cl)cccc1NC(=S)NCCc1cccs1. The lowest BCUT2D eigenvalue weighted by molar-refractivity contribution is 0.885. The number of anilines is 1. The van der Waals surface area contributed by atoms with Crippen molar-refractivity contribution < 1.29 is 0 Å². The van der Waals surface area contributed by atoms with Gasteiger partial charge in [-0.3, -0.25) is 0 Å². The fraction of sp³-hybridized carbons (Fsp3) is 0.214. The minimum Gasteiger partial charge on any atom is -0.362 e. The topological polar surface area (TPSA) is 24.1 Å². The van der Waals surface area contributed by atoms with E-state index < -0.39 is 0 Å². The summed E-state index contributed by atoms with van der Waals surface area (Å²) in [5, 5.41) is 9.82. The lowest BCUT2D eigenvalue weighted by Gasteiger charge is -2.12. The first kappa shape index (κ1) is 14.3. The zero-order chi connectivity index (χ0) is 13.7. The highest BCUT2D eigenvalue weighted by Crippen LogP contribution is 2.22. The minimum absolute atomic E-state index is 0.627. The molecule has 0 fully saturated rings. The summed E-state index contributed by atoms with van der Waals surface area (Å²) in [5.74, 6) is 0. The molecule has 0 radical (unpaired) electrons. The summed E-state index contributed by atoms with van der Waals surface area (Å²) in [6.45, 7) is 2.80. The molecule has 2 rings (SSSR count). The monoisotopic (exact) mass is 310 g/mol. The van der Waals surface area contributed by atoms with Gasteiger partial charge in [-0.25, -0.2) is 0 Å². The Hall–Kier alpha value is -1.10. The molecule has 2 nitrogen and oxygen atoms in total. The minimum atomic E-state index is 0.627. The van der Waals surface area contributed by atoms with Crippen molar-refractivity contribution in [3.8, 4) is 0 Å². The van der Waals surface area contributed by atoms with Gasteiger partial charge in [0.05, 0.1) is 0 Å². The predicted molar refractivity (Wildman–Crippen MR) is 88.4 cm³/mol. The Kier molecular flexibility index (Phi) is 5.19. The van der Waals surface area contributed by atoms with Crippen molar-refractivity contribution in [2.75, 3.05) is 11.9 Å². The van der Waals surface area contributed by atoms with Crippen molar-refractivity contribution in [1.29, 1.82) is 0 Å². The molecule has 0 unspecified atom stereocenters. The van der Waals surface area contributed by atoms with Crippen LogP contribution in [-0.2, 0) is 6.42 Å². The molecule has 2 aromatic rings. The number of thiocarbonyl (C=S) groups is 1. The van der Waals surface area contributed by atoms with E-state index in [1.807, 2.05) is 25.1 Å². The lowest BCUT2D eigenvalue weighted by Crippen LogP contribution is -2.30. The highest BCUT2D eigenvalue weighted by Gasteiger charge is 2.03. The van der Waals surface area contributed by atoms with Crippen molar-refractivity contribution in [3.63, 3.8) is 0 Å². The van der Waals surface area contributed by atoms with Crippen molar-refractivity contribution in [1.82, 2.24) is 5.32 Å². The van der Waals surface area contributed by atoms with Crippen molar-refractivity contribution in [2.45, 2.75) is 13.3 Å². The van der Waals surface area contributed by atoms with Crippen LogP contribution in [0.5, 0.6) is 0 Å². The van der Waals surface area contributed by atoms with Gasteiger partial charge in [-0.1, -0.05) is 23.7 Å². The van der Waals surface area contributed by atoms with Crippen LogP contribution in [0.2, 0.25) is 5.02 Å². The molecular formula is C14H15ClN2S2. The molecule has 0 atom stereocenters. The van der Waals surface area contributed by atoms with Crippen LogP contribution in [0, 0.1) is 6.92 Å². The molecule has 100 valence electrons. The first-order valence-electron chi connectivity index (χ1n) is 5.99. The second-order valence-electron chi connectivity index (χ2n) is 4.12. The van der Waals surface area contributed by atoms with Crippen molar-refractivity contribution in [3.05, 3.63) is 51.2 Å². The van der Waals surface area contributed by atoms with E-state index in [-0.39, 0.29) is 0 Å². The molecule has 0 bridgehead atoms. The number of benzene rings is 1. The average Bonchev–Trinajstić information content (AvgIpc) is 2.88. The zero-order valence-corrected chi connectivity index (χ0v) is 13.0. The normalized spacial score (nSPS) is 10.2. The van der Waals surface area contributed by atoms with Crippen molar-refractivity contribution in [2.24, 2.45) is 0 Å². The van der Waals surface area contributed by atoms with E-state index in [1.165, 1.54) is 4.88 Å². The molecule has 2 N–H and O–H groups in total. The lowest BCUT2D eigenvalue weighted by atomic mass is 10.2. The molecular weight excluding hydrogens is 296 g/mol. The van der Waals surface area contributed by atoms with Crippen molar-refractivity contribution >= 4 is 46.0 Å². The number of hydrogen-bond acceptors (Lipinski definition) is 2. The summed E-state index contributed by atoms with van der Waals surface area (Å²) in [7, 11) is 0. The fourth-order valence-corrected chi connectivity index (χ4v) is 2.76. The van der Waals surface area contributed by atoms with Gasteiger partial charge < -0.3 is 10.6 Å². The summed E-state index contributed by atoms with van der Waals surface area (Å²) < 4.78 is 0. The Labute approximate surface area is 127 Å². The Morgan fingerprint density at radius 3 is 2.89 bits per heavy atom. The van der Waals surface area contributed by atoms with Gasteiger partial charge in [0, 0.05) is 22.1 Å². The van der Waals surface area contributed by atoms with Gasteiger partial charge in [0.1, 0.15) is 0 Å². The van der Waals surface area contributed by atoms with Crippen LogP contribution in [-0.4, -0.2) is 11.7 Å². The van der Waals surface area contributed by atoms with Gasteiger partial charge >= 0.3 is 0 Å². The maximum atomic E-state index is 6.07. The quantitative estimate of drug-likeness (QED) is 0.826. The smallest absolute Gasteiger partial charge is 0.170 e. The highest BCUT2D eigenvalue weighted by molar-refractivity contribution is 7.80. The Morgan fingerprint density at radius 1 is 1.32 bits per heavy atom. The van der Waals surface area contributed by atoms with E-state index in [0.29, 0.717) is 5.11 Å². The van der Waals surface area contributed by atoms with E-state index in [2.05, 4.69) is 28.1 Å². The van der Waals surface area contributed by atoms with Crippen LogP contribution < -0.4 is 10.6 Å². The van der Waals surface area contributed by atoms with E-state index in [0.717, 1.165) is 29.2 Å². The van der Waals surface area contributed by atoms with Crippen LogP contribution in [0.4, 0.5) is 5.69 Å². The number of halogens is 1. The third kappa shape index (κ3) is 4.20. The molecule has 1 heterocycles. The maximum absolute atomic E-state index is 6.07. The van der Waals surface area contributed by atoms with Crippen LogP contribution in [0.15, 0.2) is 35.7 Å². The second-order valence-corrected chi connectivity index (χ2v) is 5.97. The van der Waals surface area contributed by atoms with Gasteiger partial charge in [-0.2, -0.15) is 0 Å². The van der Waals surface area contributed by atoms with Gasteiger partial charge in [-0.15, -0.1) is 11.3 Å². The summed E-state index contributed by atoms with van der Waals surface area (Å²) in [4.78, 5) is 1.36. The summed E-state index contributed by atoms with van der Waals surface area (Å²) in [6, 6.07) is 9.94. The molecule has 0 spiro atoms. The molecule has 0 saturated heterocycles. The average molecular weight is 311 g/mol. The van der Waals surface area contributed by atoms with Gasteiger partial charge in [-0.05, 0) is 54.7 Å². The standard InChI is InChI=1S/C14H15ClN2S2/c1-10-12(15)5-2-6-13(10)17-14(18)16-8-7-11-4-3-9-19-11/h2-6,9H,7-8H2,1H3,(H2,16,17,18). The molecule has 1 aromatic carbocycles. The van der Waals surface area contributed by atoms with Crippen LogP contribution in [0.3, 0.4) is 0 Å². The predicted octanol–water partition coefficient (Wildman–Crippen LogP) is 4.24. The third-order valence-electron chi connectivity index (χ3n) is 2.75. The Bertz CT molecular complexity index is 553. The second kappa shape index (κ2) is 6.89. The molecule has 19 heavy (non-hydrogen) atoms. The first-order valence-corrected chi connectivity index (χ1v) is 7.66.